The molecule has 0 saturated carbocycles. The number of phenolic OH excluding ortho intramolecular Hbond substituents is 2. The van der Waals surface area contributed by atoms with Crippen LogP contribution in [-0.4, -0.2) is 31.6 Å². The highest BCUT2D eigenvalue weighted by molar-refractivity contribution is 6.14. The molecule has 168 valence electrons. The number of nitrogens with zero attached hydrogens (tertiary/aromatic N) is 2. The largest absolute Gasteiger partial charge is 0.507 e. The molecule has 0 spiro atoms. The Hall–Kier alpha value is -4.01. The number of allylic oxidation sites excluding steroid dienone is 1. The third-order valence-corrected chi connectivity index (χ3v) is 6.38. The number of aromatic hydroxyl groups is 2. The molecule has 0 saturated heterocycles. The summed E-state index contributed by atoms with van der Waals surface area (Å²) >= 11 is 0. The molecule has 2 aromatic carbocycles. The molecule has 3 aromatic rings. The molecule has 1 aliphatic carbocycles. The lowest BCUT2D eigenvalue weighted by Gasteiger charge is -2.27. The zero-order chi connectivity index (χ0) is 24.0. The van der Waals surface area contributed by atoms with E-state index in [1.165, 1.54) is 30.7 Å². The van der Waals surface area contributed by atoms with Crippen molar-refractivity contribution in [2.24, 2.45) is 0 Å². The maximum Gasteiger partial charge on any atom is 0.185 e. The van der Waals surface area contributed by atoms with Crippen LogP contribution in [0.2, 0.25) is 0 Å². The van der Waals surface area contributed by atoms with E-state index in [0.717, 1.165) is 6.07 Å². The molecule has 0 amide bonds. The average Bonchev–Trinajstić information content (AvgIpc) is 3.21. The molecule has 0 bridgehead atoms. The maximum absolute atomic E-state index is 14.5. The molecule has 9 heteroatoms. The summed E-state index contributed by atoms with van der Waals surface area (Å²) in [7, 11) is 0. The number of phenols is 2. The van der Waals surface area contributed by atoms with E-state index in [2.05, 4.69) is 5.10 Å². The van der Waals surface area contributed by atoms with Gasteiger partial charge in [-0.25, -0.2) is 13.5 Å². The molecule has 33 heavy (non-hydrogen) atoms. The molecule has 5 rings (SSSR count). The summed E-state index contributed by atoms with van der Waals surface area (Å²) in [6, 6.07) is 3.00. The van der Waals surface area contributed by atoms with Gasteiger partial charge in [0, 0.05) is 17.7 Å². The number of ketones is 2. The maximum atomic E-state index is 14.5. The van der Waals surface area contributed by atoms with Crippen LogP contribution in [0.25, 0.3) is 11.8 Å². The molecule has 0 radical (unpaired) electrons. The summed E-state index contributed by atoms with van der Waals surface area (Å²) in [4.78, 5) is 26.1. The lowest BCUT2D eigenvalue weighted by Crippen LogP contribution is -2.36. The first-order chi connectivity index (χ1) is 15.5. The highest BCUT2D eigenvalue weighted by atomic mass is 19.1. The Labute approximate surface area is 186 Å². The number of carbonyl (C=O) groups excluding carboxylic acids is 2. The molecule has 1 aliphatic heterocycles. The molecule has 1 atom stereocenters. The van der Waals surface area contributed by atoms with Crippen LogP contribution < -0.4 is 4.74 Å². The predicted molar refractivity (Wildman–Crippen MR) is 113 cm³/mol. The van der Waals surface area contributed by atoms with E-state index in [-0.39, 0.29) is 50.9 Å². The Bertz CT molecular complexity index is 1470. The van der Waals surface area contributed by atoms with Crippen LogP contribution >= 0.6 is 0 Å². The van der Waals surface area contributed by atoms with Crippen molar-refractivity contribution in [3.05, 3.63) is 69.2 Å². The number of hydrogen-bond donors (Lipinski definition) is 2. The number of carbonyl (C=O) groups is 2. The van der Waals surface area contributed by atoms with Crippen LogP contribution in [0.15, 0.2) is 24.0 Å². The van der Waals surface area contributed by atoms with Crippen molar-refractivity contribution in [1.29, 1.82) is 0 Å². The fourth-order valence-electron chi connectivity index (χ4n) is 4.62. The average molecular weight is 452 g/mol. The number of rotatable bonds is 2. The van der Waals surface area contributed by atoms with Gasteiger partial charge >= 0.3 is 0 Å². The Balaban J connectivity index is 1.81. The third-order valence-electron chi connectivity index (χ3n) is 6.38. The van der Waals surface area contributed by atoms with Gasteiger partial charge in [0.15, 0.2) is 17.4 Å². The Kier molecular flexibility index (Phi) is 4.11. The normalized spacial score (nSPS) is 18.4. The van der Waals surface area contributed by atoms with Gasteiger partial charge in [0.05, 0.1) is 22.5 Å². The van der Waals surface area contributed by atoms with Gasteiger partial charge < -0.3 is 14.9 Å². The van der Waals surface area contributed by atoms with Gasteiger partial charge in [0.1, 0.15) is 45.5 Å². The number of fused-ring (bicyclic) bond motifs is 4. The molecule has 1 aromatic heterocycles. The lowest BCUT2D eigenvalue weighted by molar-refractivity contribution is 0.0905. The Morgan fingerprint density at radius 3 is 2.52 bits per heavy atom. The molecule has 1 unspecified atom stereocenters. The molecule has 2 heterocycles. The minimum atomic E-state index is -1.50. The number of halogens is 2. The number of aromatic nitrogens is 2. The molecule has 7 nitrogen and oxygen atoms in total. The smallest absolute Gasteiger partial charge is 0.185 e. The van der Waals surface area contributed by atoms with Gasteiger partial charge in [-0.15, -0.1) is 0 Å². The topological polar surface area (TPSA) is 102 Å². The van der Waals surface area contributed by atoms with E-state index in [4.69, 9.17) is 4.74 Å². The van der Waals surface area contributed by atoms with Crippen LogP contribution in [0.1, 0.15) is 57.1 Å². The van der Waals surface area contributed by atoms with Crippen LogP contribution in [0.4, 0.5) is 8.78 Å². The van der Waals surface area contributed by atoms with Crippen LogP contribution in [-0.2, 0) is 5.41 Å². The Morgan fingerprint density at radius 1 is 1.18 bits per heavy atom. The third kappa shape index (κ3) is 2.50. The van der Waals surface area contributed by atoms with Crippen molar-refractivity contribution in [2.45, 2.75) is 33.1 Å². The molecular formula is C24H18F2N2O5. The molecule has 2 aliphatic rings. The summed E-state index contributed by atoms with van der Waals surface area (Å²) < 4.78 is 35.0. The number of hydrogen-bond acceptors (Lipinski definition) is 6. The van der Waals surface area contributed by atoms with Crippen molar-refractivity contribution >= 4 is 17.6 Å². The van der Waals surface area contributed by atoms with E-state index >= 15 is 0 Å². The summed E-state index contributed by atoms with van der Waals surface area (Å²) in [6.45, 7) is 5.80. The SMILES string of the molecule is CC(=O)c1c(O)c(C)c(O)c2c1OC1=Cc3c(c(C)nn3-c3ccc(F)cc3F)C(=O)C12C. The first kappa shape index (κ1) is 20.9. The quantitative estimate of drug-likeness (QED) is 0.563. The second kappa shape index (κ2) is 6.50. The number of benzene rings is 2. The minimum Gasteiger partial charge on any atom is -0.507 e. The van der Waals surface area contributed by atoms with Crippen molar-refractivity contribution < 1.29 is 33.3 Å². The zero-order valence-corrected chi connectivity index (χ0v) is 18.1. The minimum absolute atomic E-state index is 0.0458. The van der Waals surface area contributed by atoms with E-state index in [0.29, 0.717) is 11.8 Å². The first-order valence-corrected chi connectivity index (χ1v) is 10.1. The van der Waals surface area contributed by atoms with E-state index in [1.54, 1.807) is 13.8 Å². The highest BCUT2D eigenvalue weighted by Crippen LogP contribution is 2.58. The second-order valence-corrected chi connectivity index (χ2v) is 8.38. The standard InChI is InChI=1S/C24H18F2N2O5/c1-9-20(30)18(11(3)29)22-19(21(9)31)24(4)16(33-22)8-15-17(23(24)32)10(2)27-28(15)14-6-5-12(25)7-13(14)26/h5-8,30-31H,1-4H3. The number of Topliss-reactive ketones (excluding diaryl/α,β-unsaturated/α-hetero) is 2. The van der Waals surface area contributed by atoms with Crippen molar-refractivity contribution in [1.82, 2.24) is 9.78 Å². The van der Waals surface area contributed by atoms with Gasteiger partial charge in [-0.3, -0.25) is 9.59 Å². The summed E-state index contributed by atoms with van der Waals surface area (Å²) in [6.07, 6.45) is 1.48. The van der Waals surface area contributed by atoms with Crippen LogP contribution in [0.5, 0.6) is 17.2 Å². The Morgan fingerprint density at radius 2 is 1.88 bits per heavy atom. The monoisotopic (exact) mass is 452 g/mol. The summed E-state index contributed by atoms with van der Waals surface area (Å²) in [5.41, 5.74) is -0.902. The fourth-order valence-corrected chi connectivity index (χ4v) is 4.62. The van der Waals surface area contributed by atoms with Crippen molar-refractivity contribution in [2.75, 3.05) is 0 Å². The highest BCUT2D eigenvalue weighted by Gasteiger charge is 2.55. The molecular weight excluding hydrogens is 434 g/mol. The van der Waals surface area contributed by atoms with Gasteiger partial charge in [-0.1, -0.05) is 0 Å². The van der Waals surface area contributed by atoms with Gasteiger partial charge in [-0.2, -0.15) is 5.10 Å². The predicted octanol–water partition coefficient (Wildman–Crippen LogP) is 4.27. The van der Waals surface area contributed by atoms with Gasteiger partial charge in [-0.05, 0) is 39.8 Å². The van der Waals surface area contributed by atoms with Gasteiger partial charge in [0.2, 0.25) is 0 Å². The van der Waals surface area contributed by atoms with Crippen molar-refractivity contribution in [3.63, 3.8) is 0 Å². The first-order valence-electron chi connectivity index (χ1n) is 10.1. The molecule has 2 N–H and O–H groups in total. The van der Waals surface area contributed by atoms with E-state index in [9.17, 15) is 28.6 Å². The number of aryl methyl sites for hydroxylation is 1. The zero-order valence-electron chi connectivity index (χ0n) is 18.1. The molecule has 0 fully saturated rings. The summed E-state index contributed by atoms with van der Waals surface area (Å²) in [5, 5.41) is 25.6. The number of ether oxygens (including phenoxy) is 1. The van der Waals surface area contributed by atoms with Crippen molar-refractivity contribution in [3.8, 4) is 22.9 Å². The van der Waals surface area contributed by atoms with E-state index < -0.39 is 34.4 Å². The second-order valence-electron chi connectivity index (χ2n) is 8.38. The summed E-state index contributed by atoms with van der Waals surface area (Å²) in [5.74, 6) is -3.40. The lowest BCUT2D eigenvalue weighted by atomic mass is 9.71. The van der Waals surface area contributed by atoms with Gasteiger partial charge in [0.25, 0.3) is 0 Å². The van der Waals surface area contributed by atoms with Crippen LogP contribution in [0.3, 0.4) is 0 Å². The fraction of sp³-hybridized carbons (Fsp3) is 0.208. The van der Waals surface area contributed by atoms with Crippen LogP contribution in [0, 0.1) is 25.5 Å². The van der Waals surface area contributed by atoms with E-state index in [1.807, 2.05) is 0 Å².